The van der Waals surface area contributed by atoms with Gasteiger partial charge < -0.3 is 13.8 Å². The molecule has 0 unspecified atom stereocenters. The molecule has 0 N–H and O–H groups in total. The number of hydrogen-bond acceptors (Lipinski definition) is 8. The number of halogens is 1. The SMILES string of the molecule is CCOP(=O)(OCC)c1ccc(Oc2ccccc2[N+](=O)[O-])cc1.O=[N+]([O-])c1ccccc1-c1ccc(I)cc1. The molecule has 0 spiro atoms. The van der Waals surface area contributed by atoms with Crippen molar-refractivity contribution in [2.75, 3.05) is 13.2 Å². The third-order valence-corrected chi connectivity index (χ3v) is 8.14. The lowest BCUT2D eigenvalue weighted by Gasteiger charge is -2.17. The zero-order chi connectivity index (χ0) is 29.1. The van der Waals surface area contributed by atoms with Crippen LogP contribution in [0.25, 0.3) is 11.1 Å². The van der Waals surface area contributed by atoms with Gasteiger partial charge in [0.15, 0.2) is 0 Å². The molecule has 0 atom stereocenters. The lowest BCUT2D eigenvalue weighted by atomic mass is 10.0. The average Bonchev–Trinajstić information content (AvgIpc) is 2.94. The van der Waals surface area contributed by atoms with Gasteiger partial charge in [-0.25, -0.2) is 0 Å². The quantitative estimate of drug-likeness (QED) is 0.0712. The predicted octanol–water partition coefficient (Wildman–Crippen LogP) is 8.14. The Morgan fingerprint density at radius 3 is 1.80 bits per heavy atom. The van der Waals surface area contributed by atoms with E-state index in [-0.39, 0.29) is 35.3 Å². The van der Waals surface area contributed by atoms with Gasteiger partial charge in [-0.15, -0.1) is 0 Å². The molecule has 0 aromatic heterocycles. The Kier molecular flexibility index (Phi) is 11.3. The number of para-hydroxylation sites is 3. The van der Waals surface area contributed by atoms with Crippen LogP contribution in [0.5, 0.6) is 11.5 Å². The van der Waals surface area contributed by atoms with E-state index in [1.54, 1.807) is 68.4 Å². The Bertz CT molecular complexity index is 1490. The number of benzene rings is 4. The van der Waals surface area contributed by atoms with Crippen LogP contribution in [0.4, 0.5) is 11.4 Å². The normalized spacial score (nSPS) is 10.8. The van der Waals surface area contributed by atoms with E-state index in [1.165, 1.54) is 18.2 Å². The molecular formula is C28H26IN2O8P. The molecule has 0 radical (unpaired) electrons. The minimum atomic E-state index is -3.36. The topological polar surface area (TPSA) is 131 Å². The van der Waals surface area contributed by atoms with E-state index < -0.39 is 12.5 Å². The number of nitrogens with zero attached hydrogens (tertiary/aromatic N) is 2. The molecule has 4 rings (SSSR count). The maximum atomic E-state index is 12.7. The van der Waals surface area contributed by atoms with Gasteiger partial charge in [-0.3, -0.25) is 24.8 Å². The van der Waals surface area contributed by atoms with E-state index >= 15 is 0 Å². The summed E-state index contributed by atoms with van der Waals surface area (Å²) in [7, 11) is -3.36. The van der Waals surface area contributed by atoms with Crippen molar-refractivity contribution in [3.8, 4) is 22.6 Å². The summed E-state index contributed by atoms with van der Waals surface area (Å²) in [6, 6.07) is 26.8. The van der Waals surface area contributed by atoms with Gasteiger partial charge in [0.05, 0.1) is 33.9 Å². The van der Waals surface area contributed by atoms with E-state index in [9.17, 15) is 24.8 Å². The highest BCUT2D eigenvalue weighted by Gasteiger charge is 2.26. The van der Waals surface area contributed by atoms with Crippen molar-refractivity contribution in [3.63, 3.8) is 0 Å². The summed E-state index contributed by atoms with van der Waals surface area (Å²) in [5, 5.41) is 22.3. The molecule has 10 nitrogen and oxygen atoms in total. The molecule has 40 heavy (non-hydrogen) atoms. The van der Waals surface area contributed by atoms with Gasteiger partial charge >= 0.3 is 13.3 Å². The van der Waals surface area contributed by atoms with Crippen LogP contribution in [-0.2, 0) is 13.6 Å². The Morgan fingerprint density at radius 1 is 0.725 bits per heavy atom. The summed E-state index contributed by atoms with van der Waals surface area (Å²) in [6.45, 7) is 3.98. The van der Waals surface area contributed by atoms with Crippen LogP contribution in [0.2, 0.25) is 0 Å². The van der Waals surface area contributed by atoms with Crippen LogP contribution in [0, 0.1) is 23.8 Å². The molecule has 0 saturated heterocycles. The Balaban J connectivity index is 0.000000238. The molecule has 0 heterocycles. The Hall–Kier alpha value is -3.64. The summed E-state index contributed by atoms with van der Waals surface area (Å²) >= 11 is 2.20. The van der Waals surface area contributed by atoms with Gasteiger partial charge in [-0.2, -0.15) is 0 Å². The van der Waals surface area contributed by atoms with Gasteiger partial charge in [0.1, 0.15) is 5.75 Å². The average molecular weight is 676 g/mol. The Labute approximate surface area is 244 Å². The molecule has 0 amide bonds. The van der Waals surface area contributed by atoms with Crippen LogP contribution >= 0.6 is 30.2 Å². The smallest absolute Gasteiger partial charge is 0.361 e. The summed E-state index contributed by atoms with van der Waals surface area (Å²) in [5.41, 5.74) is 1.54. The molecule has 0 saturated carbocycles. The summed E-state index contributed by atoms with van der Waals surface area (Å²) in [4.78, 5) is 21.0. The number of rotatable bonds is 10. The third-order valence-electron chi connectivity index (χ3n) is 5.30. The molecule has 208 valence electrons. The molecular weight excluding hydrogens is 650 g/mol. The van der Waals surface area contributed by atoms with Crippen LogP contribution in [0.1, 0.15) is 13.8 Å². The fraction of sp³-hybridized carbons (Fsp3) is 0.143. The van der Waals surface area contributed by atoms with Gasteiger partial charge in [-0.1, -0.05) is 36.4 Å². The fourth-order valence-electron chi connectivity index (χ4n) is 3.55. The third kappa shape index (κ3) is 8.18. The Morgan fingerprint density at radius 2 is 1.25 bits per heavy atom. The highest BCUT2D eigenvalue weighted by molar-refractivity contribution is 14.1. The van der Waals surface area contributed by atoms with Crippen molar-refractivity contribution in [2.45, 2.75) is 13.8 Å². The lowest BCUT2D eigenvalue weighted by Crippen LogP contribution is -2.10. The van der Waals surface area contributed by atoms with Crippen LogP contribution in [-0.4, -0.2) is 23.1 Å². The van der Waals surface area contributed by atoms with Crippen molar-refractivity contribution >= 4 is 46.9 Å². The van der Waals surface area contributed by atoms with E-state index in [0.29, 0.717) is 16.6 Å². The van der Waals surface area contributed by atoms with E-state index in [1.807, 2.05) is 24.3 Å². The number of hydrogen-bond donors (Lipinski definition) is 0. The molecule has 4 aromatic carbocycles. The van der Waals surface area contributed by atoms with Crippen molar-refractivity contribution in [2.24, 2.45) is 0 Å². The van der Waals surface area contributed by atoms with Gasteiger partial charge in [0.2, 0.25) is 5.75 Å². The van der Waals surface area contributed by atoms with E-state index in [0.717, 1.165) is 9.13 Å². The first-order chi connectivity index (χ1) is 19.2. The summed E-state index contributed by atoms with van der Waals surface area (Å²) in [6.07, 6.45) is 0. The van der Waals surface area contributed by atoms with Gasteiger partial charge in [0, 0.05) is 15.7 Å². The predicted molar refractivity (Wildman–Crippen MR) is 161 cm³/mol. The van der Waals surface area contributed by atoms with E-state index in [2.05, 4.69) is 22.6 Å². The van der Waals surface area contributed by atoms with Crippen LogP contribution in [0.15, 0.2) is 97.1 Å². The monoisotopic (exact) mass is 676 g/mol. The minimum Gasteiger partial charge on any atom is -0.450 e. The highest BCUT2D eigenvalue weighted by Crippen LogP contribution is 2.47. The van der Waals surface area contributed by atoms with Crippen LogP contribution < -0.4 is 10.0 Å². The second-order valence-corrected chi connectivity index (χ2v) is 11.2. The summed E-state index contributed by atoms with van der Waals surface area (Å²) in [5.74, 6) is 0.514. The second kappa shape index (κ2) is 14.7. The minimum absolute atomic E-state index is 0.129. The lowest BCUT2D eigenvalue weighted by molar-refractivity contribution is -0.385. The maximum absolute atomic E-state index is 12.7. The first-order valence-electron chi connectivity index (χ1n) is 12.1. The van der Waals surface area contributed by atoms with Crippen molar-refractivity contribution in [1.82, 2.24) is 0 Å². The largest absolute Gasteiger partial charge is 0.450 e. The standard InChI is InChI=1S/C16H18NO6P.C12H8INO2/c1-3-21-24(20,22-4-2)14-11-9-13(10-12-14)23-16-8-6-5-7-15(16)17(18)19;13-10-7-5-9(6-8-10)11-3-1-2-4-12(11)14(15)16/h5-12H,3-4H2,1-2H3;1-8H. The van der Waals surface area contributed by atoms with Gasteiger partial charge in [-0.05, 0) is 90.5 Å². The molecule has 0 fully saturated rings. The van der Waals surface area contributed by atoms with Crippen LogP contribution in [0.3, 0.4) is 0 Å². The zero-order valence-corrected chi connectivity index (χ0v) is 24.7. The van der Waals surface area contributed by atoms with E-state index in [4.69, 9.17) is 13.8 Å². The highest BCUT2D eigenvalue weighted by atomic mass is 127. The molecule has 4 aromatic rings. The van der Waals surface area contributed by atoms with Crippen molar-refractivity contribution in [3.05, 3.63) is 121 Å². The fourth-order valence-corrected chi connectivity index (χ4v) is 5.48. The maximum Gasteiger partial charge on any atom is 0.361 e. The number of nitro groups is 2. The number of ether oxygens (including phenoxy) is 1. The molecule has 0 aliphatic carbocycles. The first kappa shape index (κ1) is 30.9. The first-order valence-corrected chi connectivity index (χ1v) is 14.7. The second-order valence-electron chi connectivity index (χ2n) is 7.93. The molecule has 12 heteroatoms. The van der Waals surface area contributed by atoms with Crippen molar-refractivity contribution < 1.29 is 28.2 Å². The molecule has 0 bridgehead atoms. The number of nitro benzene ring substituents is 2. The molecule has 0 aliphatic heterocycles. The van der Waals surface area contributed by atoms with Crippen molar-refractivity contribution in [1.29, 1.82) is 0 Å². The van der Waals surface area contributed by atoms with Gasteiger partial charge in [0.25, 0.3) is 5.69 Å². The zero-order valence-electron chi connectivity index (χ0n) is 21.6. The molecule has 0 aliphatic rings. The summed E-state index contributed by atoms with van der Waals surface area (Å²) < 4.78 is 29.8.